The van der Waals surface area contributed by atoms with Gasteiger partial charge in [-0.3, -0.25) is 0 Å². The maximum absolute atomic E-state index is 1.90. The molecule has 0 N–H and O–H groups in total. The van der Waals surface area contributed by atoms with Gasteiger partial charge in [0.05, 0.1) is 0 Å². The van der Waals surface area contributed by atoms with E-state index in [9.17, 15) is 0 Å². The van der Waals surface area contributed by atoms with Crippen molar-refractivity contribution in [3.8, 4) is 0 Å². The quantitative estimate of drug-likeness (QED) is 0.495. The third-order valence-electron chi connectivity index (χ3n) is 4.79. The topological polar surface area (TPSA) is 0 Å². The van der Waals surface area contributed by atoms with E-state index in [1.165, 1.54) is 51.4 Å². The van der Waals surface area contributed by atoms with Crippen LogP contribution in [0.2, 0.25) is 0 Å². The van der Waals surface area contributed by atoms with Crippen LogP contribution in [0.3, 0.4) is 0 Å². The van der Waals surface area contributed by atoms with Crippen LogP contribution in [0.4, 0.5) is 0 Å². The normalized spacial score (nSPS) is 37.7. The van der Waals surface area contributed by atoms with E-state index in [1.807, 2.05) is 11.1 Å². The zero-order valence-electron chi connectivity index (χ0n) is 9.23. The summed E-state index contributed by atoms with van der Waals surface area (Å²) in [5.74, 6) is 2.20. The van der Waals surface area contributed by atoms with Crippen LogP contribution in [0.25, 0.3) is 0 Å². The summed E-state index contributed by atoms with van der Waals surface area (Å²) >= 11 is 0. The van der Waals surface area contributed by atoms with Crippen LogP contribution < -0.4 is 0 Å². The standard InChI is InChI=1S/C14H22/c1-2-6-12-10-14-8-4-3-7-13(14)9-11(12)5-1/h11-12H,1-10H2. The molecule has 0 saturated heterocycles. The average molecular weight is 190 g/mol. The summed E-state index contributed by atoms with van der Waals surface area (Å²) in [6.07, 6.45) is 15.0. The highest BCUT2D eigenvalue weighted by Gasteiger charge is 2.32. The van der Waals surface area contributed by atoms with E-state index in [4.69, 9.17) is 0 Å². The van der Waals surface area contributed by atoms with Gasteiger partial charge >= 0.3 is 0 Å². The third kappa shape index (κ3) is 1.53. The molecular formula is C14H22. The number of allylic oxidation sites excluding steroid dienone is 2. The molecule has 0 amide bonds. The summed E-state index contributed by atoms with van der Waals surface area (Å²) in [4.78, 5) is 0. The van der Waals surface area contributed by atoms with Gasteiger partial charge in [0.25, 0.3) is 0 Å². The highest BCUT2D eigenvalue weighted by molar-refractivity contribution is 5.21. The highest BCUT2D eigenvalue weighted by Crippen LogP contribution is 2.46. The molecule has 0 heterocycles. The van der Waals surface area contributed by atoms with Gasteiger partial charge in [-0.1, -0.05) is 24.0 Å². The van der Waals surface area contributed by atoms with Crippen LogP contribution >= 0.6 is 0 Å². The van der Waals surface area contributed by atoms with Crippen molar-refractivity contribution < 1.29 is 0 Å². The van der Waals surface area contributed by atoms with E-state index in [-0.39, 0.29) is 0 Å². The lowest BCUT2D eigenvalue weighted by Crippen LogP contribution is -2.26. The van der Waals surface area contributed by atoms with Crippen LogP contribution in [0, 0.1) is 11.8 Å². The van der Waals surface area contributed by atoms with E-state index >= 15 is 0 Å². The first-order valence-corrected chi connectivity index (χ1v) is 6.63. The van der Waals surface area contributed by atoms with Crippen molar-refractivity contribution in [2.75, 3.05) is 0 Å². The van der Waals surface area contributed by atoms with Gasteiger partial charge in [-0.25, -0.2) is 0 Å². The summed E-state index contributed by atoms with van der Waals surface area (Å²) in [5.41, 5.74) is 3.80. The van der Waals surface area contributed by atoms with Crippen LogP contribution in [0.15, 0.2) is 11.1 Å². The Morgan fingerprint density at radius 2 is 1.14 bits per heavy atom. The second kappa shape index (κ2) is 3.72. The lowest BCUT2D eigenvalue weighted by molar-refractivity contribution is 0.212. The SMILES string of the molecule is C1CCC2=C(C1)CC1CCCCC1C2. The minimum Gasteiger partial charge on any atom is -0.0707 e. The highest BCUT2D eigenvalue weighted by atomic mass is 14.4. The summed E-state index contributed by atoms with van der Waals surface area (Å²) in [7, 11) is 0. The maximum atomic E-state index is 1.90. The van der Waals surface area contributed by atoms with E-state index in [1.54, 1.807) is 12.8 Å². The van der Waals surface area contributed by atoms with Gasteiger partial charge in [0, 0.05) is 0 Å². The zero-order valence-corrected chi connectivity index (χ0v) is 9.23. The molecule has 14 heavy (non-hydrogen) atoms. The Morgan fingerprint density at radius 3 is 1.64 bits per heavy atom. The maximum Gasteiger partial charge on any atom is -0.0286 e. The molecule has 0 spiro atoms. The minimum absolute atomic E-state index is 1.10. The molecule has 3 aliphatic rings. The molecule has 0 aromatic rings. The number of rotatable bonds is 0. The van der Waals surface area contributed by atoms with E-state index in [2.05, 4.69) is 0 Å². The Morgan fingerprint density at radius 1 is 0.643 bits per heavy atom. The molecule has 0 radical (unpaired) electrons. The van der Waals surface area contributed by atoms with Crippen molar-refractivity contribution in [3.63, 3.8) is 0 Å². The lowest BCUT2D eigenvalue weighted by atomic mass is 9.66. The van der Waals surface area contributed by atoms with Crippen LogP contribution in [-0.4, -0.2) is 0 Å². The van der Waals surface area contributed by atoms with Crippen molar-refractivity contribution in [1.82, 2.24) is 0 Å². The number of hydrogen-bond donors (Lipinski definition) is 0. The van der Waals surface area contributed by atoms with Gasteiger partial charge in [0.2, 0.25) is 0 Å². The van der Waals surface area contributed by atoms with Crippen molar-refractivity contribution in [2.24, 2.45) is 11.8 Å². The van der Waals surface area contributed by atoms with Gasteiger partial charge < -0.3 is 0 Å². The van der Waals surface area contributed by atoms with Gasteiger partial charge in [-0.15, -0.1) is 0 Å². The van der Waals surface area contributed by atoms with Gasteiger partial charge in [-0.05, 0) is 63.2 Å². The first-order chi connectivity index (χ1) is 6.93. The first kappa shape index (κ1) is 9.00. The third-order valence-corrected chi connectivity index (χ3v) is 4.79. The Bertz CT molecular complexity index is 223. The van der Waals surface area contributed by atoms with Crippen molar-refractivity contribution in [1.29, 1.82) is 0 Å². The van der Waals surface area contributed by atoms with Crippen molar-refractivity contribution in [3.05, 3.63) is 11.1 Å². The molecule has 2 atom stereocenters. The predicted molar refractivity (Wildman–Crippen MR) is 60.2 cm³/mol. The molecule has 2 unspecified atom stereocenters. The second-order valence-corrected chi connectivity index (χ2v) is 5.63. The average Bonchev–Trinajstić information content (AvgIpc) is 2.26. The predicted octanol–water partition coefficient (Wildman–Crippen LogP) is 4.46. The number of fused-ring (bicyclic) bond motifs is 1. The summed E-state index contributed by atoms with van der Waals surface area (Å²) in [6, 6.07) is 0. The Labute approximate surface area is 87.8 Å². The molecule has 78 valence electrons. The minimum atomic E-state index is 1.10. The van der Waals surface area contributed by atoms with Gasteiger partial charge in [-0.2, -0.15) is 0 Å². The van der Waals surface area contributed by atoms with Gasteiger partial charge in [0.1, 0.15) is 0 Å². The van der Waals surface area contributed by atoms with E-state index in [0.717, 1.165) is 11.8 Å². The molecule has 3 rings (SSSR count). The molecule has 3 aliphatic carbocycles. The van der Waals surface area contributed by atoms with E-state index in [0.29, 0.717) is 0 Å². The summed E-state index contributed by atoms with van der Waals surface area (Å²) < 4.78 is 0. The Balaban J connectivity index is 1.79. The van der Waals surface area contributed by atoms with Crippen molar-refractivity contribution >= 4 is 0 Å². The summed E-state index contributed by atoms with van der Waals surface area (Å²) in [6.45, 7) is 0. The van der Waals surface area contributed by atoms with Crippen LogP contribution in [0.1, 0.15) is 64.2 Å². The Hall–Kier alpha value is -0.260. The van der Waals surface area contributed by atoms with Crippen LogP contribution in [-0.2, 0) is 0 Å². The fourth-order valence-corrected chi connectivity index (χ4v) is 3.98. The van der Waals surface area contributed by atoms with Crippen LogP contribution in [0.5, 0.6) is 0 Å². The Kier molecular flexibility index (Phi) is 2.39. The first-order valence-electron chi connectivity index (χ1n) is 6.63. The largest absolute Gasteiger partial charge is 0.0707 e. The van der Waals surface area contributed by atoms with Gasteiger partial charge in [0.15, 0.2) is 0 Å². The molecular weight excluding hydrogens is 168 g/mol. The molecule has 1 saturated carbocycles. The lowest BCUT2D eigenvalue weighted by Gasteiger charge is -2.39. The molecule has 0 aliphatic heterocycles. The molecule has 0 heteroatoms. The molecule has 0 aromatic carbocycles. The smallest absolute Gasteiger partial charge is 0.0286 e. The molecule has 0 bridgehead atoms. The fraction of sp³-hybridized carbons (Fsp3) is 0.857. The molecule has 1 fully saturated rings. The zero-order chi connectivity index (χ0) is 9.38. The van der Waals surface area contributed by atoms with E-state index < -0.39 is 0 Å². The monoisotopic (exact) mass is 190 g/mol. The molecule has 0 nitrogen and oxygen atoms in total. The number of hydrogen-bond acceptors (Lipinski definition) is 0. The van der Waals surface area contributed by atoms with Crippen molar-refractivity contribution in [2.45, 2.75) is 64.2 Å². The second-order valence-electron chi connectivity index (χ2n) is 5.63. The molecule has 0 aromatic heterocycles. The fourth-order valence-electron chi connectivity index (χ4n) is 3.98. The summed E-state index contributed by atoms with van der Waals surface area (Å²) in [5, 5.41) is 0.